The second-order valence-electron chi connectivity index (χ2n) is 5.01. The van der Waals surface area contributed by atoms with Gasteiger partial charge in [-0.05, 0) is 19.8 Å². The molecule has 0 aliphatic rings. The average molecular weight is 274 g/mol. The summed E-state index contributed by atoms with van der Waals surface area (Å²) in [5, 5.41) is 11.4. The molecule has 6 nitrogen and oxygen atoms in total. The molecule has 0 saturated heterocycles. The second kappa shape index (κ2) is 9.75. The number of ether oxygens (including phenoxy) is 1. The molecular formula is C13H26N2O4. The summed E-state index contributed by atoms with van der Waals surface area (Å²) in [5.74, 6) is -1.11. The SMILES string of the molecule is COC(CNC(=O)C(C)CCCC(C)N)CC(=O)O. The first-order valence-electron chi connectivity index (χ1n) is 6.64. The number of hydrogen-bond donors (Lipinski definition) is 3. The minimum Gasteiger partial charge on any atom is -0.481 e. The Balaban J connectivity index is 3.91. The van der Waals surface area contributed by atoms with Gasteiger partial charge in [-0.1, -0.05) is 13.3 Å². The Hall–Kier alpha value is -1.14. The molecule has 0 bridgehead atoms. The summed E-state index contributed by atoms with van der Waals surface area (Å²) in [6.45, 7) is 4.02. The fourth-order valence-electron chi connectivity index (χ4n) is 1.70. The van der Waals surface area contributed by atoms with E-state index in [-0.39, 0.29) is 30.8 Å². The van der Waals surface area contributed by atoms with Gasteiger partial charge in [0, 0.05) is 25.6 Å². The van der Waals surface area contributed by atoms with Crippen molar-refractivity contribution in [1.29, 1.82) is 0 Å². The zero-order valence-corrected chi connectivity index (χ0v) is 12.0. The van der Waals surface area contributed by atoms with E-state index in [0.717, 1.165) is 19.3 Å². The maximum absolute atomic E-state index is 11.8. The van der Waals surface area contributed by atoms with Crippen molar-refractivity contribution in [1.82, 2.24) is 5.32 Å². The first kappa shape index (κ1) is 17.9. The third kappa shape index (κ3) is 9.44. The number of carboxylic acid groups (broad SMARTS) is 1. The average Bonchev–Trinajstić information content (AvgIpc) is 2.32. The van der Waals surface area contributed by atoms with Gasteiger partial charge < -0.3 is 20.9 Å². The number of carboxylic acids is 1. The predicted molar refractivity (Wildman–Crippen MR) is 72.7 cm³/mol. The normalized spacial score (nSPS) is 15.6. The lowest BCUT2D eigenvalue weighted by molar-refractivity contribution is -0.140. The van der Waals surface area contributed by atoms with Crippen LogP contribution in [0.25, 0.3) is 0 Å². The van der Waals surface area contributed by atoms with Crippen LogP contribution in [0.1, 0.15) is 39.5 Å². The molecule has 0 fully saturated rings. The summed E-state index contributed by atoms with van der Waals surface area (Å²) < 4.78 is 4.99. The summed E-state index contributed by atoms with van der Waals surface area (Å²) in [7, 11) is 1.44. The Morgan fingerprint density at radius 2 is 1.95 bits per heavy atom. The Kier molecular flexibility index (Phi) is 9.16. The molecule has 0 radical (unpaired) electrons. The van der Waals surface area contributed by atoms with Crippen LogP contribution in [0, 0.1) is 5.92 Å². The van der Waals surface area contributed by atoms with Crippen molar-refractivity contribution in [2.75, 3.05) is 13.7 Å². The smallest absolute Gasteiger partial charge is 0.306 e. The van der Waals surface area contributed by atoms with Crippen molar-refractivity contribution in [3.05, 3.63) is 0 Å². The summed E-state index contributed by atoms with van der Waals surface area (Å²) in [6, 6.07) is 0.156. The molecule has 0 saturated carbocycles. The molecule has 0 heterocycles. The Morgan fingerprint density at radius 3 is 2.42 bits per heavy atom. The lowest BCUT2D eigenvalue weighted by Crippen LogP contribution is -2.37. The number of rotatable bonds is 10. The van der Waals surface area contributed by atoms with Crippen LogP contribution in [-0.2, 0) is 14.3 Å². The first-order chi connectivity index (χ1) is 8.86. The topological polar surface area (TPSA) is 102 Å². The zero-order chi connectivity index (χ0) is 14.8. The quantitative estimate of drug-likeness (QED) is 0.545. The molecule has 3 atom stereocenters. The van der Waals surface area contributed by atoms with Gasteiger partial charge in [0.1, 0.15) is 0 Å². The van der Waals surface area contributed by atoms with E-state index in [1.165, 1.54) is 7.11 Å². The maximum atomic E-state index is 11.8. The maximum Gasteiger partial charge on any atom is 0.306 e. The monoisotopic (exact) mass is 274 g/mol. The van der Waals surface area contributed by atoms with E-state index in [0.29, 0.717) is 0 Å². The Labute approximate surface area is 114 Å². The van der Waals surface area contributed by atoms with Crippen LogP contribution in [0.4, 0.5) is 0 Å². The van der Waals surface area contributed by atoms with E-state index in [2.05, 4.69) is 5.32 Å². The second-order valence-corrected chi connectivity index (χ2v) is 5.01. The lowest BCUT2D eigenvalue weighted by atomic mass is 10.0. The minimum absolute atomic E-state index is 0.0721. The van der Waals surface area contributed by atoms with Crippen LogP contribution in [-0.4, -0.2) is 42.8 Å². The highest BCUT2D eigenvalue weighted by Crippen LogP contribution is 2.09. The largest absolute Gasteiger partial charge is 0.481 e. The summed E-state index contributed by atoms with van der Waals surface area (Å²) in [6.07, 6.45) is 1.99. The third-order valence-electron chi connectivity index (χ3n) is 2.98. The Morgan fingerprint density at radius 1 is 1.32 bits per heavy atom. The first-order valence-corrected chi connectivity index (χ1v) is 6.64. The molecule has 4 N–H and O–H groups in total. The highest BCUT2D eigenvalue weighted by atomic mass is 16.5. The highest BCUT2D eigenvalue weighted by Gasteiger charge is 2.16. The third-order valence-corrected chi connectivity index (χ3v) is 2.98. The van der Waals surface area contributed by atoms with Crippen molar-refractivity contribution in [3.63, 3.8) is 0 Å². The molecule has 19 heavy (non-hydrogen) atoms. The molecule has 0 rings (SSSR count). The molecule has 0 aromatic heterocycles. The highest BCUT2D eigenvalue weighted by molar-refractivity contribution is 5.78. The molecule has 3 unspecified atom stereocenters. The van der Waals surface area contributed by atoms with Crippen LogP contribution >= 0.6 is 0 Å². The minimum atomic E-state index is -0.939. The standard InChI is InChI=1S/C13H26N2O4/c1-9(5-4-6-10(2)14)13(18)15-8-11(19-3)7-12(16)17/h9-11H,4-8,14H2,1-3H3,(H,15,18)(H,16,17). The van der Waals surface area contributed by atoms with Gasteiger partial charge >= 0.3 is 5.97 Å². The molecule has 6 heteroatoms. The molecular weight excluding hydrogens is 248 g/mol. The van der Waals surface area contributed by atoms with Gasteiger partial charge in [-0.25, -0.2) is 0 Å². The molecule has 1 amide bonds. The Bertz CT molecular complexity index is 282. The molecule has 0 aliphatic heterocycles. The van der Waals surface area contributed by atoms with E-state index in [1.54, 1.807) is 0 Å². The number of nitrogens with two attached hydrogens (primary N) is 1. The summed E-state index contributed by atoms with van der Waals surface area (Å²) in [4.78, 5) is 22.3. The van der Waals surface area contributed by atoms with Crippen molar-refractivity contribution in [3.8, 4) is 0 Å². The number of amides is 1. The number of carbonyl (C=O) groups excluding carboxylic acids is 1. The number of nitrogens with one attached hydrogen (secondary N) is 1. The van der Waals surface area contributed by atoms with E-state index in [9.17, 15) is 9.59 Å². The summed E-state index contributed by atoms with van der Waals surface area (Å²) in [5.41, 5.74) is 5.64. The molecule has 0 spiro atoms. The van der Waals surface area contributed by atoms with E-state index >= 15 is 0 Å². The van der Waals surface area contributed by atoms with E-state index in [1.807, 2.05) is 13.8 Å². The van der Waals surface area contributed by atoms with E-state index < -0.39 is 12.1 Å². The van der Waals surface area contributed by atoms with Crippen LogP contribution in [0.3, 0.4) is 0 Å². The van der Waals surface area contributed by atoms with Gasteiger partial charge in [0.05, 0.1) is 12.5 Å². The van der Waals surface area contributed by atoms with Crippen LogP contribution in [0.5, 0.6) is 0 Å². The van der Waals surface area contributed by atoms with Crippen molar-refractivity contribution < 1.29 is 19.4 Å². The van der Waals surface area contributed by atoms with Crippen molar-refractivity contribution in [2.24, 2.45) is 11.7 Å². The van der Waals surface area contributed by atoms with Crippen molar-refractivity contribution >= 4 is 11.9 Å². The number of aliphatic carboxylic acids is 1. The summed E-state index contributed by atoms with van der Waals surface area (Å²) >= 11 is 0. The van der Waals surface area contributed by atoms with Crippen LogP contribution in [0.2, 0.25) is 0 Å². The van der Waals surface area contributed by atoms with Crippen LogP contribution in [0.15, 0.2) is 0 Å². The van der Waals surface area contributed by atoms with Gasteiger partial charge in [0.15, 0.2) is 0 Å². The molecule has 0 aromatic rings. The zero-order valence-electron chi connectivity index (χ0n) is 12.0. The fourth-order valence-corrected chi connectivity index (χ4v) is 1.70. The van der Waals surface area contributed by atoms with Gasteiger partial charge in [0.25, 0.3) is 0 Å². The van der Waals surface area contributed by atoms with Crippen LogP contribution < -0.4 is 11.1 Å². The fraction of sp³-hybridized carbons (Fsp3) is 0.846. The molecule has 0 aromatic carbocycles. The van der Waals surface area contributed by atoms with Gasteiger partial charge in [-0.15, -0.1) is 0 Å². The van der Waals surface area contributed by atoms with Gasteiger partial charge in [-0.3, -0.25) is 9.59 Å². The molecule has 0 aliphatic carbocycles. The van der Waals surface area contributed by atoms with Gasteiger partial charge in [-0.2, -0.15) is 0 Å². The molecule has 112 valence electrons. The van der Waals surface area contributed by atoms with E-state index in [4.69, 9.17) is 15.6 Å². The predicted octanol–water partition coefficient (Wildman–Crippen LogP) is 0.746. The van der Waals surface area contributed by atoms with Crippen molar-refractivity contribution in [2.45, 2.75) is 51.7 Å². The number of carbonyl (C=O) groups is 2. The van der Waals surface area contributed by atoms with Gasteiger partial charge in [0.2, 0.25) is 5.91 Å². The number of methoxy groups -OCH3 is 1. The lowest BCUT2D eigenvalue weighted by Gasteiger charge is -2.17. The number of hydrogen-bond acceptors (Lipinski definition) is 4.